The van der Waals surface area contributed by atoms with Crippen molar-refractivity contribution in [3.63, 3.8) is 0 Å². The fourth-order valence-corrected chi connectivity index (χ4v) is 11.8. The van der Waals surface area contributed by atoms with Crippen molar-refractivity contribution in [2.24, 2.45) is 0 Å². The highest BCUT2D eigenvalue weighted by Gasteiger charge is 2.54. The maximum absolute atomic E-state index is 2.60. The van der Waals surface area contributed by atoms with E-state index >= 15 is 0 Å². The largest absolute Gasteiger partial charge is 0.309 e. The van der Waals surface area contributed by atoms with Crippen molar-refractivity contribution >= 4 is 27.8 Å². The Morgan fingerprint density at radius 1 is 0.317 bits per heavy atom. The smallest absolute Gasteiger partial charge is 0.0732 e. The Labute approximate surface area is 369 Å². The van der Waals surface area contributed by atoms with Gasteiger partial charge in [-0.05, 0) is 113 Å². The molecule has 0 bridgehead atoms. The van der Waals surface area contributed by atoms with Crippen molar-refractivity contribution in [2.45, 2.75) is 24.7 Å². The Balaban J connectivity index is 1.21. The van der Waals surface area contributed by atoms with Gasteiger partial charge in [0.15, 0.2) is 0 Å². The van der Waals surface area contributed by atoms with Crippen LogP contribution < -0.4 is 4.90 Å². The SMILES string of the molecule is CC1(C)c2ccccc2-c2ccc(N(c3ccc(-c4ccccc4)cc3)c3c4c(c5ccccc5c3-c3ccccc3)C3(c5ccccc5-c5ccccc53)c3ccccc3-4)cc21. The van der Waals surface area contributed by atoms with Crippen LogP contribution in [0.25, 0.3) is 66.4 Å². The van der Waals surface area contributed by atoms with E-state index in [0.29, 0.717) is 0 Å². The van der Waals surface area contributed by atoms with E-state index < -0.39 is 5.41 Å². The molecule has 0 saturated carbocycles. The molecule has 0 radical (unpaired) electrons. The van der Waals surface area contributed by atoms with E-state index in [-0.39, 0.29) is 5.41 Å². The maximum atomic E-state index is 2.60. The summed E-state index contributed by atoms with van der Waals surface area (Å²) in [6, 6.07) is 84.1. The van der Waals surface area contributed by atoms with Crippen molar-refractivity contribution in [3.8, 4) is 55.6 Å². The van der Waals surface area contributed by atoms with Crippen molar-refractivity contribution < 1.29 is 0 Å². The van der Waals surface area contributed by atoms with Crippen LogP contribution in [0.2, 0.25) is 0 Å². The fraction of sp³-hybridized carbons (Fsp3) is 0.0645. The van der Waals surface area contributed by atoms with Gasteiger partial charge in [-0.3, -0.25) is 0 Å². The Morgan fingerprint density at radius 3 is 1.40 bits per heavy atom. The summed E-state index contributed by atoms with van der Waals surface area (Å²) >= 11 is 0. The van der Waals surface area contributed by atoms with Crippen LogP contribution in [-0.4, -0.2) is 0 Å². The number of anilines is 3. The van der Waals surface area contributed by atoms with E-state index in [9.17, 15) is 0 Å². The minimum Gasteiger partial charge on any atom is -0.309 e. The lowest BCUT2D eigenvalue weighted by molar-refractivity contribution is 0.660. The third-order valence-corrected chi connectivity index (χ3v) is 14.5. The summed E-state index contributed by atoms with van der Waals surface area (Å²) in [7, 11) is 0. The Hall–Kier alpha value is -7.74. The van der Waals surface area contributed by atoms with Crippen LogP contribution in [0.15, 0.2) is 224 Å². The van der Waals surface area contributed by atoms with Crippen LogP contribution in [0.5, 0.6) is 0 Å². The Bertz CT molecular complexity index is 3420. The van der Waals surface area contributed by atoms with Crippen LogP contribution in [0.4, 0.5) is 17.1 Å². The zero-order chi connectivity index (χ0) is 41.9. The molecular formula is C62H43N. The topological polar surface area (TPSA) is 3.24 Å². The van der Waals surface area contributed by atoms with Gasteiger partial charge in [0.2, 0.25) is 0 Å². The van der Waals surface area contributed by atoms with Crippen LogP contribution in [0, 0.1) is 0 Å². The lowest BCUT2D eigenvalue weighted by Crippen LogP contribution is -2.26. The molecule has 0 unspecified atom stereocenters. The van der Waals surface area contributed by atoms with Gasteiger partial charge in [0.1, 0.15) is 0 Å². The molecule has 10 aromatic carbocycles. The molecule has 0 aliphatic heterocycles. The number of fused-ring (bicyclic) bond motifs is 15. The highest BCUT2D eigenvalue weighted by atomic mass is 15.1. The number of hydrogen-bond donors (Lipinski definition) is 0. The summed E-state index contributed by atoms with van der Waals surface area (Å²) in [4.78, 5) is 2.60. The highest BCUT2D eigenvalue weighted by molar-refractivity contribution is 6.17. The van der Waals surface area contributed by atoms with Crippen molar-refractivity contribution in [1.82, 2.24) is 0 Å². The molecular weight excluding hydrogens is 759 g/mol. The van der Waals surface area contributed by atoms with Gasteiger partial charge in [-0.25, -0.2) is 0 Å². The molecule has 0 saturated heterocycles. The molecule has 1 heteroatoms. The van der Waals surface area contributed by atoms with Gasteiger partial charge in [-0.1, -0.05) is 214 Å². The van der Waals surface area contributed by atoms with Gasteiger partial charge in [-0.2, -0.15) is 0 Å². The molecule has 0 atom stereocenters. The monoisotopic (exact) mass is 801 g/mol. The summed E-state index contributed by atoms with van der Waals surface area (Å²) in [6.07, 6.45) is 0. The molecule has 3 aliphatic carbocycles. The first kappa shape index (κ1) is 36.0. The lowest BCUT2D eigenvalue weighted by atomic mass is 9.69. The van der Waals surface area contributed by atoms with E-state index in [1.54, 1.807) is 0 Å². The molecule has 0 aromatic heterocycles. The number of nitrogens with zero attached hydrogens (tertiary/aromatic N) is 1. The first-order valence-corrected chi connectivity index (χ1v) is 22.2. The average Bonchev–Trinajstić information content (AvgIpc) is 3.91. The first-order valence-electron chi connectivity index (χ1n) is 22.2. The average molecular weight is 802 g/mol. The van der Waals surface area contributed by atoms with E-state index in [4.69, 9.17) is 0 Å². The van der Waals surface area contributed by atoms with Gasteiger partial charge >= 0.3 is 0 Å². The van der Waals surface area contributed by atoms with Gasteiger partial charge in [0.25, 0.3) is 0 Å². The van der Waals surface area contributed by atoms with E-state index in [1.165, 1.54) is 105 Å². The molecule has 1 nitrogen and oxygen atoms in total. The van der Waals surface area contributed by atoms with Crippen molar-refractivity contribution in [2.75, 3.05) is 4.90 Å². The van der Waals surface area contributed by atoms with Crippen LogP contribution in [0.1, 0.15) is 47.2 Å². The van der Waals surface area contributed by atoms with Gasteiger partial charge in [0, 0.05) is 27.9 Å². The summed E-state index contributed by atoms with van der Waals surface area (Å²) in [5.74, 6) is 0. The van der Waals surface area contributed by atoms with Crippen LogP contribution in [-0.2, 0) is 10.8 Å². The predicted octanol–water partition coefficient (Wildman–Crippen LogP) is 16.3. The van der Waals surface area contributed by atoms with E-state index in [0.717, 1.165) is 11.4 Å². The highest BCUT2D eigenvalue weighted by Crippen LogP contribution is 2.68. The Morgan fingerprint density at radius 2 is 0.762 bits per heavy atom. The van der Waals surface area contributed by atoms with E-state index in [1.807, 2.05) is 0 Å². The molecule has 3 aliphatic rings. The first-order chi connectivity index (χ1) is 31.0. The fourth-order valence-electron chi connectivity index (χ4n) is 11.8. The third-order valence-electron chi connectivity index (χ3n) is 14.5. The van der Waals surface area contributed by atoms with Gasteiger partial charge < -0.3 is 4.90 Å². The number of hydrogen-bond acceptors (Lipinski definition) is 1. The van der Waals surface area contributed by atoms with Crippen molar-refractivity contribution in [1.29, 1.82) is 0 Å². The minimum absolute atomic E-state index is 0.174. The molecule has 296 valence electrons. The summed E-state index contributed by atoms with van der Waals surface area (Å²) in [6.45, 7) is 4.77. The molecule has 0 heterocycles. The standard InChI is InChI=1S/C62H43N/c1-61(2)52-29-15-11-23-45(52)48-38-37-44(39-56(48)61)63(43-35-33-41(34-36-43)40-19-5-3-6-20-40)60-57(42-21-7-4-8-22-42)49-26-9-10-27-50(49)59-58(60)51-28-14-18-32-55(51)62(59)53-30-16-12-24-46(53)47-25-13-17-31-54(47)62/h3-39H,1-2H3. The molecule has 0 fully saturated rings. The summed E-state index contributed by atoms with van der Waals surface area (Å²) in [5, 5.41) is 2.52. The third kappa shape index (κ3) is 4.88. The quantitative estimate of drug-likeness (QED) is 0.168. The normalized spacial score (nSPS) is 14.1. The molecule has 13 rings (SSSR count). The number of rotatable bonds is 5. The second-order valence-electron chi connectivity index (χ2n) is 17.9. The zero-order valence-electron chi connectivity index (χ0n) is 35.3. The predicted molar refractivity (Wildman–Crippen MR) is 263 cm³/mol. The molecule has 0 N–H and O–H groups in total. The van der Waals surface area contributed by atoms with Gasteiger partial charge in [0.05, 0.1) is 11.1 Å². The van der Waals surface area contributed by atoms with Gasteiger partial charge in [-0.15, -0.1) is 0 Å². The summed E-state index contributed by atoms with van der Waals surface area (Å²) in [5.41, 5.74) is 23.5. The van der Waals surface area contributed by atoms with Crippen molar-refractivity contribution in [3.05, 3.63) is 258 Å². The maximum Gasteiger partial charge on any atom is 0.0732 e. The molecule has 10 aromatic rings. The van der Waals surface area contributed by atoms with Crippen LogP contribution in [0.3, 0.4) is 0 Å². The van der Waals surface area contributed by atoms with E-state index in [2.05, 4.69) is 243 Å². The number of benzene rings is 10. The zero-order valence-corrected chi connectivity index (χ0v) is 35.3. The molecule has 1 spiro atoms. The lowest BCUT2D eigenvalue weighted by Gasteiger charge is -2.35. The second kappa shape index (κ2) is 13.4. The molecule has 0 amide bonds. The molecule has 63 heavy (non-hydrogen) atoms. The van der Waals surface area contributed by atoms with Crippen LogP contribution >= 0.6 is 0 Å². The second-order valence-corrected chi connectivity index (χ2v) is 17.9. The Kier molecular flexibility index (Phi) is 7.64. The minimum atomic E-state index is -0.535. The summed E-state index contributed by atoms with van der Waals surface area (Å²) < 4.78 is 0.